The molecule has 5 heteroatoms. The minimum atomic E-state index is -0.774. The maximum Gasteiger partial charge on any atom is 0.325 e. The number of nitriles is 1. The summed E-state index contributed by atoms with van der Waals surface area (Å²) in [6.07, 6.45) is 2.57. The lowest BCUT2D eigenvalue weighted by Gasteiger charge is -2.33. The monoisotopic (exact) mass is 292 g/mol. The Kier molecular flexibility index (Phi) is 4.46. The highest BCUT2D eigenvalue weighted by atomic mass is 32.1. The molecule has 0 aromatic carbocycles. The van der Waals surface area contributed by atoms with Crippen LogP contribution < -0.4 is 0 Å². The van der Waals surface area contributed by atoms with Crippen LogP contribution in [0, 0.1) is 16.7 Å². The normalized spacial score (nSPS) is 19.4. The van der Waals surface area contributed by atoms with E-state index in [1.807, 2.05) is 30.2 Å². The van der Waals surface area contributed by atoms with E-state index in [9.17, 15) is 9.90 Å². The number of aliphatic carboxylic acids is 1. The molecule has 1 unspecified atom stereocenters. The van der Waals surface area contributed by atoms with Crippen LogP contribution in [0.1, 0.15) is 43.2 Å². The summed E-state index contributed by atoms with van der Waals surface area (Å²) in [6, 6.07) is 3.71. The lowest BCUT2D eigenvalue weighted by Crippen LogP contribution is -2.39. The summed E-state index contributed by atoms with van der Waals surface area (Å²) < 4.78 is 0. The summed E-state index contributed by atoms with van der Waals surface area (Å²) in [4.78, 5) is 14.8. The lowest BCUT2D eigenvalue weighted by molar-refractivity contribution is -0.144. The minimum absolute atomic E-state index is 0.331. The third kappa shape index (κ3) is 3.20. The predicted molar refractivity (Wildman–Crippen MR) is 78.6 cm³/mol. The van der Waals surface area contributed by atoms with Crippen molar-refractivity contribution in [3.63, 3.8) is 0 Å². The maximum absolute atomic E-state index is 11.6. The van der Waals surface area contributed by atoms with Crippen molar-refractivity contribution in [1.29, 1.82) is 5.26 Å². The van der Waals surface area contributed by atoms with Gasteiger partial charge in [0.25, 0.3) is 0 Å². The fraction of sp³-hybridized carbons (Fsp3) is 0.600. The second kappa shape index (κ2) is 5.94. The number of hydrogen-bond acceptors (Lipinski definition) is 4. The predicted octanol–water partition coefficient (Wildman–Crippen LogP) is 3.06. The van der Waals surface area contributed by atoms with Gasteiger partial charge >= 0.3 is 5.97 Å². The number of hydrogen-bond donors (Lipinski definition) is 1. The van der Waals surface area contributed by atoms with Gasteiger partial charge in [-0.15, -0.1) is 11.3 Å². The Morgan fingerprint density at radius 3 is 3.05 bits per heavy atom. The first-order valence-electron chi connectivity index (χ1n) is 6.89. The van der Waals surface area contributed by atoms with Crippen molar-refractivity contribution >= 4 is 17.3 Å². The molecule has 0 bridgehead atoms. The molecular formula is C15H20N2O2S. The number of fused-ring (bicyclic) bond motifs is 1. The van der Waals surface area contributed by atoms with Crippen molar-refractivity contribution in [3.05, 3.63) is 21.9 Å². The Morgan fingerprint density at radius 1 is 1.65 bits per heavy atom. The summed E-state index contributed by atoms with van der Waals surface area (Å²) in [5.74, 6) is -0.774. The second-order valence-corrected chi connectivity index (χ2v) is 6.93. The molecule has 1 aromatic rings. The summed E-state index contributed by atoms with van der Waals surface area (Å²) >= 11 is 1.65. The van der Waals surface area contributed by atoms with Gasteiger partial charge in [-0.05, 0) is 56.7 Å². The Labute approximate surface area is 123 Å². The van der Waals surface area contributed by atoms with E-state index in [1.165, 1.54) is 4.88 Å². The molecule has 1 aromatic heterocycles. The summed E-state index contributed by atoms with van der Waals surface area (Å²) in [7, 11) is 0. The first kappa shape index (κ1) is 15.0. The zero-order valence-corrected chi connectivity index (χ0v) is 12.7. The number of carboxylic acid groups (broad SMARTS) is 1. The van der Waals surface area contributed by atoms with Crippen molar-refractivity contribution in [3.8, 4) is 6.07 Å². The quantitative estimate of drug-likeness (QED) is 0.906. The Hall–Kier alpha value is -1.38. The number of rotatable bonds is 5. The van der Waals surface area contributed by atoms with Gasteiger partial charge in [0.15, 0.2) is 0 Å². The molecule has 108 valence electrons. The molecule has 0 spiro atoms. The van der Waals surface area contributed by atoms with E-state index in [0.717, 1.165) is 37.9 Å². The van der Waals surface area contributed by atoms with Crippen LogP contribution in [0.3, 0.4) is 0 Å². The third-order valence-electron chi connectivity index (χ3n) is 3.85. The summed E-state index contributed by atoms with van der Waals surface area (Å²) in [5, 5.41) is 20.5. The first-order chi connectivity index (χ1) is 9.44. The summed E-state index contributed by atoms with van der Waals surface area (Å²) in [6.45, 7) is 5.37. The van der Waals surface area contributed by atoms with Crippen LogP contribution >= 0.6 is 11.3 Å². The fourth-order valence-electron chi connectivity index (χ4n) is 2.68. The second-order valence-electron chi connectivity index (χ2n) is 5.93. The molecule has 1 N–H and O–H groups in total. The molecule has 0 aliphatic carbocycles. The van der Waals surface area contributed by atoms with E-state index in [2.05, 4.69) is 6.07 Å². The lowest BCUT2D eigenvalue weighted by atomic mass is 9.89. The molecule has 20 heavy (non-hydrogen) atoms. The Morgan fingerprint density at radius 2 is 2.40 bits per heavy atom. The average molecular weight is 292 g/mol. The fourth-order valence-corrected chi connectivity index (χ4v) is 3.58. The van der Waals surface area contributed by atoms with Gasteiger partial charge in [-0.2, -0.15) is 5.26 Å². The van der Waals surface area contributed by atoms with Gasteiger partial charge in [0.2, 0.25) is 0 Å². The van der Waals surface area contributed by atoms with Crippen molar-refractivity contribution in [2.75, 3.05) is 13.1 Å². The molecule has 0 radical (unpaired) electrons. The van der Waals surface area contributed by atoms with Crippen LogP contribution in [-0.2, 0) is 11.2 Å². The van der Waals surface area contributed by atoms with Crippen LogP contribution in [-0.4, -0.2) is 29.1 Å². The molecule has 1 aliphatic heterocycles. The SMILES string of the molecule is CC(C)(C#N)CCCN1CCc2sccc2C1C(=O)O. The largest absolute Gasteiger partial charge is 0.480 e. The van der Waals surface area contributed by atoms with Gasteiger partial charge in [0.05, 0.1) is 11.5 Å². The van der Waals surface area contributed by atoms with Crippen molar-refractivity contribution in [1.82, 2.24) is 4.90 Å². The van der Waals surface area contributed by atoms with Gasteiger partial charge in [0.1, 0.15) is 6.04 Å². The van der Waals surface area contributed by atoms with E-state index in [-0.39, 0.29) is 5.41 Å². The number of nitrogens with zero attached hydrogens (tertiary/aromatic N) is 2. The van der Waals surface area contributed by atoms with Gasteiger partial charge in [-0.25, -0.2) is 0 Å². The molecule has 1 atom stereocenters. The number of carbonyl (C=O) groups is 1. The molecule has 0 fully saturated rings. The minimum Gasteiger partial charge on any atom is -0.480 e. The highest BCUT2D eigenvalue weighted by Crippen LogP contribution is 2.34. The van der Waals surface area contributed by atoms with Crippen molar-refractivity contribution in [2.45, 2.75) is 39.2 Å². The van der Waals surface area contributed by atoms with E-state index in [1.54, 1.807) is 11.3 Å². The van der Waals surface area contributed by atoms with Gasteiger partial charge in [-0.3, -0.25) is 9.69 Å². The van der Waals surface area contributed by atoms with E-state index < -0.39 is 12.0 Å². The van der Waals surface area contributed by atoms with Crippen LogP contribution in [0.4, 0.5) is 0 Å². The number of carboxylic acids is 1. The van der Waals surface area contributed by atoms with Crippen LogP contribution in [0.25, 0.3) is 0 Å². The van der Waals surface area contributed by atoms with Crippen LogP contribution in [0.5, 0.6) is 0 Å². The highest BCUT2D eigenvalue weighted by molar-refractivity contribution is 7.10. The van der Waals surface area contributed by atoms with Gasteiger partial charge in [-0.1, -0.05) is 0 Å². The maximum atomic E-state index is 11.6. The molecule has 0 saturated carbocycles. The van der Waals surface area contributed by atoms with Crippen molar-refractivity contribution in [2.24, 2.45) is 5.41 Å². The van der Waals surface area contributed by atoms with Gasteiger partial charge < -0.3 is 5.11 Å². The Bertz CT molecular complexity index is 530. The molecule has 1 aliphatic rings. The third-order valence-corrected chi connectivity index (χ3v) is 4.85. The molecule has 0 saturated heterocycles. The van der Waals surface area contributed by atoms with Crippen molar-refractivity contribution < 1.29 is 9.90 Å². The van der Waals surface area contributed by atoms with Gasteiger partial charge in [0, 0.05) is 11.4 Å². The average Bonchev–Trinajstić information content (AvgIpc) is 2.85. The van der Waals surface area contributed by atoms with E-state index >= 15 is 0 Å². The zero-order valence-electron chi connectivity index (χ0n) is 11.9. The molecule has 2 rings (SSSR count). The smallest absolute Gasteiger partial charge is 0.325 e. The topological polar surface area (TPSA) is 64.3 Å². The molecule has 0 amide bonds. The Balaban J connectivity index is 2.02. The van der Waals surface area contributed by atoms with Crippen LogP contribution in [0.2, 0.25) is 0 Å². The zero-order chi connectivity index (χ0) is 14.8. The molecule has 4 nitrogen and oxygen atoms in total. The standard InChI is InChI=1S/C15H20N2O2S/c1-15(2,10-16)6-3-7-17-8-4-12-11(5-9-20-12)13(17)14(18)19/h5,9,13H,3-4,6-8H2,1-2H3,(H,18,19). The molecule has 2 heterocycles. The summed E-state index contributed by atoms with van der Waals surface area (Å²) in [5.41, 5.74) is 0.621. The van der Waals surface area contributed by atoms with Crippen LogP contribution in [0.15, 0.2) is 11.4 Å². The highest BCUT2D eigenvalue weighted by Gasteiger charge is 2.33. The first-order valence-corrected chi connectivity index (χ1v) is 7.77. The molecular weight excluding hydrogens is 272 g/mol. The van der Waals surface area contributed by atoms with E-state index in [4.69, 9.17) is 5.26 Å². The number of thiophene rings is 1. The van der Waals surface area contributed by atoms with E-state index in [0.29, 0.717) is 0 Å².